The van der Waals surface area contributed by atoms with Crippen molar-refractivity contribution in [1.29, 1.82) is 0 Å². The lowest BCUT2D eigenvalue weighted by atomic mass is 10.1. The Bertz CT molecular complexity index is 792. The predicted octanol–water partition coefficient (Wildman–Crippen LogP) is 4.51. The second-order valence-corrected chi connectivity index (χ2v) is 5.15. The van der Waals surface area contributed by atoms with Crippen LogP contribution < -0.4 is 10.5 Å². The van der Waals surface area contributed by atoms with Crippen molar-refractivity contribution in [1.82, 2.24) is 4.98 Å². The first-order chi connectivity index (χ1) is 9.65. The molecule has 0 aliphatic rings. The van der Waals surface area contributed by atoms with E-state index >= 15 is 0 Å². The minimum Gasteiger partial charge on any atom is -0.452 e. The monoisotopic (exact) mass is 332 g/mol. The number of aromatic nitrogens is 1. The topological polar surface area (TPSA) is 48.1 Å². The Balaban J connectivity index is 2.13. The van der Waals surface area contributed by atoms with E-state index in [2.05, 4.69) is 20.9 Å². The van der Waals surface area contributed by atoms with Gasteiger partial charge in [-0.3, -0.25) is 4.98 Å². The van der Waals surface area contributed by atoms with Crippen LogP contribution in [0.15, 0.2) is 53.1 Å². The van der Waals surface area contributed by atoms with E-state index in [9.17, 15) is 4.39 Å². The Hall–Kier alpha value is -2.14. The number of ether oxygens (including phenoxy) is 1. The van der Waals surface area contributed by atoms with E-state index in [1.54, 1.807) is 36.5 Å². The fourth-order valence-electron chi connectivity index (χ4n) is 1.92. The molecule has 100 valence electrons. The maximum atomic E-state index is 13.6. The van der Waals surface area contributed by atoms with E-state index in [1.807, 2.05) is 6.07 Å². The third-order valence-corrected chi connectivity index (χ3v) is 3.30. The number of nitrogens with two attached hydrogens (primary N) is 1. The molecular weight excluding hydrogens is 323 g/mol. The van der Waals surface area contributed by atoms with Gasteiger partial charge in [0.25, 0.3) is 0 Å². The van der Waals surface area contributed by atoms with E-state index in [4.69, 9.17) is 10.5 Å². The van der Waals surface area contributed by atoms with Crippen LogP contribution in [0.25, 0.3) is 10.9 Å². The van der Waals surface area contributed by atoms with Crippen LogP contribution in [-0.4, -0.2) is 4.98 Å². The van der Waals surface area contributed by atoms with Gasteiger partial charge in [-0.1, -0.05) is 12.1 Å². The Labute approximate surface area is 123 Å². The summed E-state index contributed by atoms with van der Waals surface area (Å²) in [7, 11) is 0. The largest absolute Gasteiger partial charge is 0.452 e. The number of anilines is 1. The van der Waals surface area contributed by atoms with E-state index in [-0.39, 0.29) is 5.75 Å². The Kier molecular flexibility index (Phi) is 3.28. The summed E-state index contributed by atoms with van der Waals surface area (Å²) in [6.45, 7) is 0. The normalized spacial score (nSPS) is 10.7. The molecule has 2 N–H and O–H groups in total. The fraction of sp³-hybridized carbons (Fsp3) is 0. The molecule has 0 spiro atoms. The SMILES string of the molecule is Nc1ccc(Oc2ccccc2F)c2ncc(Br)cc12. The lowest BCUT2D eigenvalue weighted by Crippen LogP contribution is -1.94. The molecule has 0 radical (unpaired) electrons. The first kappa shape index (κ1) is 12.9. The molecule has 3 nitrogen and oxygen atoms in total. The van der Waals surface area contributed by atoms with Crippen LogP contribution in [0.3, 0.4) is 0 Å². The molecule has 1 heterocycles. The summed E-state index contributed by atoms with van der Waals surface area (Å²) < 4.78 is 20.1. The number of hydrogen-bond donors (Lipinski definition) is 1. The van der Waals surface area contributed by atoms with Gasteiger partial charge in [-0.2, -0.15) is 0 Å². The lowest BCUT2D eigenvalue weighted by molar-refractivity contribution is 0.446. The van der Waals surface area contributed by atoms with Crippen molar-refractivity contribution in [2.24, 2.45) is 0 Å². The van der Waals surface area contributed by atoms with Gasteiger partial charge in [0.1, 0.15) is 5.52 Å². The zero-order valence-corrected chi connectivity index (χ0v) is 11.9. The summed E-state index contributed by atoms with van der Waals surface area (Å²) in [5.41, 5.74) is 7.11. The average Bonchev–Trinajstić information content (AvgIpc) is 2.44. The van der Waals surface area contributed by atoms with Gasteiger partial charge in [0.05, 0.1) is 0 Å². The number of pyridine rings is 1. The maximum absolute atomic E-state index is 13.6. The molecule has 2 aromatic carbocycles. The Morgan fingerprint density at radius 3 is 2.70 bits per heavy atom. The highest BCUT2D eigenvalue weighted by Gasteiger charge is 2.10. The van der Waals surface area contributed by atoms with Gasteiger partial charge < -0.3 is 10.5 Å². The second-order valence-electron chi connectivity index (χ2n) is 4.24. The van der Waals surface area contributed by atoms with Crippen molar-refractivity contribution in [2.75, 3.05) is 5.73 Å². The summed E-state index contributed by atoms with van der Waals surface area (Å²) >= 11 is 3.35. The number of halogens is 2. The van der Waals surface area contributed by atoms with E-state index < -0.39 is 5.82 Å². The smallest absolute Gasteiger partial charge is 0.165 e. The lowest BCUT2D eigenvalue weighted by Gasteiger charge is -2.10. The molecule has 0 atom stereocenters. The van der Waals surface area contributed by atoms with Gasteiger partial charge in [0.15, 0.2) is 17.3 Å². The van der Waals surface area contributed by atoms with E-state index in [0.717, 1.165) is 9.86 Å². The molecule has 0 aliphatic heterocycles. The third-order valence-electron chi connectivity index (χ3n) is 2.87. The average molecular weight is 333 g/mol. The second kappa shape index (κ2) is 5.09. The van der Waals surface area contributed by atoms with Crippen LogP contribution in [0.1, 0.15) is 0 Å². The van der Waals surface area contributed by atoms with Crippen LogP contribution in [-0.2, 0) is 0 Å². The molecule has 3 aromatic rings. The molecule has 0 saturated carbocycles. The van der Waals surface area contributed by atoms with Gasteiger partial charge in [-0.25, -0.2) is 4.39 Å². The molecule has 1 aromatic heterocycles. The number of nitrogen functional groups attached to an aromatic ring is 1. The molecule has 0 fully saturated rings. The highest BCUT2D eigenvalue weighted by atomic mass is 79.9. The van der Waals surface area contributed by atoms with Gasteiger partial charge >= 0.3 is 0 Å². The first-order valence-corrected chi connectivity index (χ1v) is 6.70. The number of benzene rings is 2. The van der Waals surface area contributed by atoms with Crippen LogP contribution in [0.5, 0.6) is 11.5 Å². The van der Waals surface area contributed by atoms with Gasteiger partial charge in [-0.15, -0.1) is 0 Å². The highest BCUT2D eigenvalue weighted by molar-refractivity contribution is 9.10. The molecule has 0 unspecified atom stereocenters. The number of rotatable bonds is 2. The quantitative estimate of drug-likeness (QED) is 0.702. The standard InChI is InChI=1S/C15H10BrFN2O/c16-9-7-10-12(18)5-6-14(15(10)19-8-9)20-13-4-2-1-3-11(13)17/h1-8H,18H2. The van der Waals surface area contributed by atoms with Gasteiger partial charge in [0.2, 0.25) is 0 Å². The summed E-state index contributed by atoms with van der Waals surface area (Å²) in [6, 6.07) is 11.5. The van der Waals surface area contributed by atoms with Gasteiger partial charge in [0, 0.05) is 21.7 Å². The molecule has 0 amide bonds. The van der Waals surface area contributed by atoms with E-state index in [0.29, 0.717) is 17.0 Å². The predicted molar refractivity (Wildman–Crippen MR) is 80.3 cm³/mol. The summed E-state index contributed by atoms with van der Waals surface area (Å²) in [4.78, 5) is 4.29. The number of hydrogen-bond acceptors (Lipinski definition) is 3. The minimum absolute atomic E-state index is 0.156. The number of para-hydroxylation sites is 1. The minimum atomic E-state index is -0.422. The molecule has 20 heavy (non-hydrogen) atoms. The maximum Gasteiger partial charge on any atom is 0.165 e. The van der Waals surface area contributed by atoms with E-state index in [1.165, 1.54) is 6.07 Å². The zero-order chi connectivity index (χ0) is 14.1. The molecule has 0 bridgehead atoms. The van der Waals surface area contributed by atoms with Crippen LogP contribution in [0.2, 0.25) is 0 Å². The van der Waals surface area contributed by atoms with Crippen LogP contribution >= 0.6 is 15.9 Å². The fourth-order valence-corrected chi connectivity index (χ4v) is 2.25. The molecule has 0 saturated heterocycles. The van der Waals surface area contributed by atoms with Crippen molar-refractivity contribution in [2.45, 2.75) is 0 Å². The summed E-state index contributed by atoms with van der Waals surface area (Å²) in [5, 5.41) is 0.758. The zero-order valence-electron chi connectivity index (χ0n) is 10.3. The Morgan fingerprint density at radius 2 is 1.90 bits per heavy atom. The number of nitrogens with zero attached hydrogens (tertiary/aromatic N) is 1. The first-order valence-electron chi connectivity index (χ1n) is 5.91. The molecular formula is C15H10BrFN2O. The molecule has 3 rings (SSSR count). The van der Waals surface area contributed by atoms with Crippen LogP contribution in [0, 0.1) is 5.82 Å². The van der Waals surface area contributed by atoms with Crippen molar-refractivity contribution in [3.8, 4) is 11.5 Å². The van der Waals surface area contributed by atoms with Gasteiger partial charge in [-0.05, 0) is 46.3 Å². The van der Waals surface area contributed by atoms with Crippen LogP contribution in [0.4, 0.5) is 10.1 Å². The van der Waals surface area contributed by atoms with Crippen molar-refractivity contribution in [3.05, 3.63) is 59.0 Å². The van der Waals surface area contributed by atoms with Crippen molar-refractivity contribution < 1.29 is 9.13 Å². The number of fused-ring (bicyclic) bond motifs is 1. The molecule has 0 aliphatic carbocycles. The molecule has 5 heteroatoms. The highest BCUT2D eigenvalue weighted by Crippen LogP contribution is 2.33. The van der Waals surface area contributed by atoms with Crippen molar-refractivity contribution in [3.63, 3.8) is 0 Å². The Morgan fingerprint density at radius 1 is 1.10 bits per heavy atom. The van der Waals surface area contributed by atoms with Crippen molar-refractivity contribution >= 4 is 32.5 Å². The summed E-state index contributed by atoms with van der Waals surface area (Å²) in [5.74, 6) is 0.199. The summed E-state index contributed by atoms with van der Waals surface area (Å²) in [6.07, 6.45) is 1.65. The third kappa shape index (κ3) is 2.32.